The SMILES string of the molecule is CC1CCC(=O)N1c1ccc(N=C=O)cc1. The smallest absolute Gasteiger partial charge is 0.240 e. The summed E-state index contributed by atoms with van der Waals surface area (Å²) in [5.74, 6) is 0.152. The van der Waals surface area contributed by atoms with Crippen molar-refractivity contribution in [3.63, 3.8) is 0 Å². The zero-order chi connectivity index (χ0) is 11.5. The molecule has 4 heteroatoms. The van der Waals surface area contributed by atoms with Crippen molar-refractivity contribution in [1.29, 1.82) is 0 Å². The predicted molar refractivity (Wildman–Crippen MR) is 60.4 cm³/mol. The van der Waals surface area contributed by atoms with E-state index in [0.29, 0.717) is 12.1 Å². The van der Waals surface area contributed by atoms with E-state index in [1.165, 1.54) is 6.08 Å². The summed E-state index contributed by atoms with van der Waals surface area (Å²) in [6.45, 7) is 2.03. The lowest BCUT2D eigenvalue weighted by atomic mass is 10.2. The standard InChI is InChI=1S/C12H12N2O2/c1-9-2-7-12(16)14(9)11-5-3-10(4-6-11)13-8-15/h3-6,9H,2,7H2,1H3. The molecule has 0 N–H and O–H groups in total. The zero-order valence-electron chi connectivity index (χ0n) is 9.01. The Bertz CT molecular complexity index is 447. The molecule has 1 amide bonds. The van der Waals surface area contributed by atoms with Crippen molar-refractivity contribution in [2.45, 2.75) is 25.8 Å². The van der Waals surface area contributed by atoms with Crippen LogP contribution in [0, 0.1) is 0 Å². The number of benzene rings is 1. The number of aliphatic imine (C=N–C) groups is 1. The quantitative estimate of drug-likeness (QED) is 0.562. The van der Waals surface area contributed by atoms with Crippen LogP contribution in [0.3, 0.4) is 0 Å². The molecule has 2 rings (SSSR count). The summed E-state index contributed by atoms with van der Waals surface area (Å²) in [4.78, 5) is 27.0. The van der Waals surface area contributed by atoms with Crippen LogP contribution in [0.5, 0.6) is 0 Å². The van der Waals surface area contributed by atoms with Crippen LogP contribution in [-0.2, 0) is 9.59 Å². The maximum absolute atomic E-state index is 11.6. The predicted octanol–water partition coefficient (Wildman–Crippen LogP) is 2.17. The van der Waals surface area contributed by atoms with E-state index in [9.17, 15) is 9.59 Å². The van der Waals surface area contributed by atoms with E-state index in [0.717, 1.165) is 12.1 Å². The van der Waals surface area contributed by atoms with Gasteiger partial charge in [0, 0.05) is 18.2 Å². The number of nitrogens with zero attached hydrogens (tertiary/aromatic N) is 2. The molecule has 4 nitrogen and oxygen atoms in total. The molecule has 1 saturated heterocycles. The fourth-order valence-electron chi connectivity index (χ4n) is 1.97. The minimum absolute atomic E-state index is 0.152. The maximum atomic E-state index is 11.6. The van der Waals surface area contributed by atoms with E-state index in [2.05, 4.69) is 4.99 Å². The van der Waals surface area contributed by atoms with Crippen LogP contribution in [0.4, 0.5) is 11.4 Å². The van der Waals surface area contributed by atoms with Crippen LogP contribution in [0.25, 0.3) is 0 Å². The van der Waals surface area contributed by atoms with Gasteiger partial charge in [-0.3, -0.25) is 4.79 Å². The highest BCUT2D eigenvalue weighted by atomic mass is 16.2. The first-order valence-electron chi connectivity index (χ1n) is 5.22. The van der Waals surface area contributed by atoms with Gasteiger partial charge in [0.2, 0.25) is 12.0 Å². The van der Waals surface area contributed by atoms with Gasteiger partial charge in [0.15, 0.2) is 0 Å². The first kappa shape index (κ1) is 10.6. The number of amides is 1. The molecule has 1 fully saturated rings. The van der Waals surface area contributed by atoms with Gasteiger partial charge >= 0.3 is 0 Å². The van der Waals surface area contributed by atoms with E-state index < -0.39 is 0 Å². The molecular formula is C12H12N2O2. The molecule has 0 bridgehead atoms. The second-order valence-corrected chi connectivity index (χ2v) is 3.87. The third kappa shape index (κ3) is 1.88. The number of rotatable bonds is 2. The number of anilines is 1. The van der Waals surface area contributed by atoms with Gasteiger partial charge in [-0.15, -0.1) is 0 Å². The topological polar surface area (TPSA) is 49.7 Å². The Balaban J connectivity index is 2.27. The van der Waals surface area contributed by atoms with E-state index in [-0.39, 0.29) is 11.9 Å². The first-order chi connectivity index (χ1) is 7.72. The second kappa shape index (κ2) is 4.29. The molecule has 0 radical (unpaired) electrons. The summed E-state index contributed by atoms with van der Waals surface area (Å²) in [6, 6.07) is 7.26. The van der Waals surface area contributed by atoms with Crippen LogP contribution in [0.1, 0.15) is 19.8 Å². The normalized spacial score (nSPS) is 19.7. The highest BCUT2D eigenvalue weighted by Gasteiger charge is 2.28. The lowest BCUT2D eigenvalue weighted by Gasteiger charge is -2.21. The molecule has 0 aliphatic carbocycles. The number of carbonyl (C=O) groups excluding carboxylic acids is 2. The molecule has 1 atom stereocenters. The highest BCUT2D eigenvalue weighted by molar-refractivity contribution is 5.96. The highest BCUT2D eigenvalue weighted by Crippen LogP contribution is 2.27. The van der Waals surface area contributed by atoms with Gasteiger partial charge in [0.05, 0.1) is 5.69 Å². The Hall–Kier alpha value is -1.93. The van der Waals surface area contributed by atoms with Crippen molar-refractivity contribution in [3.8, 4) is 0 Å². The molecule has 16 heavy (non-hydrogen) atoms. The summed E-state index contributed by atoms with van der Waals surface area (Å²) < 4.78 is 0. The van der Waals surface area contributed by atoms with Gasteiger partial charge in [-0.05, 0) is 37.6 Å². The van der Waals surface area contributed by atoms with Gasteiger partial charge < -0.3 is 4.90 Å². The molecule has 1 aliphatic rings. The lowest BCUT2D eigenvalue weighted by Crippen LogP contribution is -2.30. The second-order valence-electron chi connectivity index (χ2n) is 3.87. The molecule has 0 aromatic heterocycles. The molecule has 1 aromatic carbocycles. The third-order valence-corrected chi connectivity index (χ3v) is 2.79. The van der Waals surface area contributed by atoms with Crippen LogP contribution >= 0.6 is 0 Å². The van der Waals surface area contributed by atoms with Gasteiger partial charge in [-0.1, -0.05) is 0 Å². The minimum atomic E-state index is 0.152. The molecule has 82 valence electrons. The first-order valence-corrected chi connectivity index (χ1v) is 5.22. The minimum Gasteiger partial charge on any atom is -0.310 e. The Kier molecular flexibility index (Phi) is 2.84. The Morgan fingerprint density at radius 1 is 1.38 bits per heavy atom. The summed E-state index contributed by atoms with van der Waals surface area (Å²) in [6.07, 6.45) is 2.99. The van der Waals surface area contributed by atoms with E-state index >= 15 is 0 Å². The molecular weight excluding hydrogens is 204 g/mol. The number of carbonyl (C=O) groups is 1. The molecule has 1 aliphatic heterocycles. The fraction of sp³-hybridized carbons (Fsp3) is 0.333. The maximum Gasteiger partial charge on any atom is 0.240 e. The van der Waals surface area contributed by atoms with Crippen LogP contribution in [0.2, 0.25) is 0 Å². The third-order valence-electron chi connectivity index (χ3n) is 2.79. The van der Waals surface area contributed by atoms with Crippen molar-refractivity contribution in [2.75, 3.05) is 4.90 Å². The largest absolute Gasteiger partial charge is 0.310 e. The van der Waals surface area contributed by atoms with Crippen molar-refractivity contribution < 1.29 is 9.59 Å². The van der Waals surface area contributed by atoms with Crippen LogP contribution in [0.15, 0.2) is 29.3 Å². The average Bonchev–Trinajstić information content (AvgIpc) is 2.61. The molecule has 1 unspecified atom stereocenters. The Morgan fingerprint density at radius 3 is 2.56 bits per heavy atom. The van der Waals surface area contributed by atoms with E-state index in [4.69, 9.17) is 0 Å². The van der Waals surface area contributed by atoms with Gasteiger partial charge in [-0.2, -0.15) is 4.99 Å². The van der Waals surface area contributed by atoms with Gasteiger partial charge in [-0.25, -0.2) is 4.79 Å². The number of isocyanates is 1. The van der Waals surface area contributed by atoms with E-state index in [1.54, 1.807) is 29.2 Å². The van der Waals surface area contributed by atoms with E-state index in [1.807, 2.05) is 6.92 Å². The zero-order valence-corrected chi connectivity index (χ0v) is 9.01. The van der Waals surface area contributed by atoms with Crippen molar-refractivity contribution >= 4 is 23.4 Å². The van der Waals surface area contributed by atoms with Crippen molar-refractivity contribution in [1.82, 2.24) is 0 Å². The van der Waals surface area contributed by atoms with Crippen molar-refractivity contribution in [2.24, 2.45) is 4.99 Å². The summed E-state index contributed by atoms with van der Waals surface area (Å²) in [5.41, 5.74) is 1.41. The Morgan fingerprint density at radius 2 is 2.06 bits per heavy atom. The summed E-state index contributed by atoms with van der Waals surface area (Å²) >= 11 is 0. The summed E-state index contributed by atoms with van der Waals surface area (Å²) in [7, 11) is 0. The van der Waals surface area contributed by atoms with Gasteiger partial charge in [0.1, 0.15) is 0 Å². The Labute approximate surface area is 93.6 Å². The molecule has 1 heterocycles. The lowest BCUT2D eigenvalue weighted by molar-refractivity contribution is -0.117. The van der Waals surface area contributed by atoms with Crippen molar-refractivity contribution in [3.05, 3.63) is 24.3 Å². The average molecular weight is 216 g/mol. The molecule has 0 spiro atoms. The fourth-order valence-corrected chi connectivity index (χ4v) is 1.97. The van der Waals surface area contributed by atoms with Crippen LogP contribution < -0.4 is 4.90 Å². The van der Waals surface area contributed by atoms with Crippen LogP contribution in [-0.4, -0.2) is 18.0 Å². The summed E-state index contributed by atoms with van der Waals surface area (Å²) in [5, 5.41) is 0. The number of hydrogen-bond donors (Lipinski definition) is 0. The number of hydrogen-bond acceptors (Lipinski definition) is 3. The molecule has 1 aromatic rings. The monoisotopic (exact) mass is 216 g/mol. The van der Waals surface area contributed by atoms with Gasteiger partial charge in [0.25, 0.3) is 0 Å². The molecule has 0 saturated carbocycles.